The minimum Gasteiger partial charge on any atom is -0.373 e. The van der Waals surface area contributed by atoms with Gasteiger partial charge in [0, 0.05) is 24.1 Å². The second-order valence-electron chi connectivity index (χ2n) is 5.14. The first-order valence-electron chi connectivity index (χ1n) is 6.11. The van der Waals surface area contributed by atoms with E-state index in [-0.39, 0.29) is 6.04 Å². The van der Waals surface area contributed by atoms with Gasteiger partial charge in [-0.05, 0) is 52.9 Å². The van der Waals surface area contributed by atoms with Crippen molar-refractivity contribution in [3.05, 3.63) is 28.2 Å². The van der Waals surface area contributed by atoms with E-state index < -0.39 is 11.7 Å². The monoisotopic (exact) mass is 336 g/mol. The summed E-state index contributed by atoms with van der Waals surface area (Å²) in [5, 5.41) is 0. The van der Waals surface area contributed by atoms with Gasteiger partial charge in [-0.25, -0.2) is 0 Å². The molecule has 1 aliphatic rings. The number of rotatable bonds is 3. The minimum absolute atomic E-state index is 0.287. The minimum atomic E-state index is -4.31. The largest absolute Gasteiger partial charge is 0.416 e. The van der Waals surface area contributed by atoms with E-state index in [1.807, 2.05) is 11.9 Å². The third-order valence-corrected chi connectivity index (χ3v) is 4.13. The summed E-state index contributed by atoms with van der Waals surface area (Å²) in [4.78, 5) is 1.97. The second kappa shape index (κ2) is 5.32. The molecule has 0 atom stereocenters. The molecule has 0 spiro atoms. The Morgan fingerprint density at radius 3 is 2.47 bits per heavy atom. The average molecular weight is 337 g/mol. The molecule has 0 bridgehead atoms. The molecule has 1 saturated carbocycles. The van der Waals surface area contributed by atoms with Gasteiger partial charge in [-0.15, -0.1) is 0 Å². The smallest absolute Gasteiger partial charge is 0.373 e. The highest BCUT2D eigenvalue weighted by Crippen LogP contribution is 2.36. The van der Waals surface area contributed by atoms with E-state index >= 15 is 0 Å². The summed E-state index contributed by atoms with van der Waals surface area (Å²) in [7, 11) is 1.89. The van der Waals surface area contributed by atoms with Crippen molar-refractivity contribution in [1.29, 1.82) is 0 Å². The molecule has 2 N–H and O–H groups in total. The summed E-state index contributed by atoms with van der Waals surface area (Å²) in [5.74, 6) is 0.536. The molecule has 0 radical (unpaired) electrons. The van der Waals surface area contributed by atoms with Crippen LogP contribution in [-0.2, 0) is 6.18 Å². The number of benzene rings is 1. The molecule has 6 heteroatoms. The first-order valence-corrected chi connectivity index (χ1v) is 6.90. The molecule has 0 heterocycles. The van der Waals surface area contributed by atoms with E-state index in [0.29, 0.717) is 10.4 Å². The number of hydrogen-bond acceptors (Lipinski definition) is 2. The molecule has 19 heavy (non-hydrogen) atoms. The van der Waals surface area contributed by atoms with Crippen LogP contribution in [0.4, 0.5) is 18.9 Å². The van der Waals surface area contributed by atoms with E-state index in [0.717, 1.165) is 37.2 Å². The molecule has 1 aromatic rings. The molecule has 0 aromatic heterocycles. The van der Waals surface area contributed by atoms with E-state index in [1.165, 1.54) is 6.07 Å². The van der Waals surface area contributed by atoms with Crippen LogP contribution in [-0.4, -0.2) is 19.6 Å². The number of alkyl halides is 3. The van der Waals surface area contributed by atoms with Crippen LogP contribution in [0.15, 0.2) is 22.7 Å². The lowest BCUT2D eigenvalue weighted by atomic mass is 9.80. The summed E-state index contributed by atoms with van der Waals surface area (Å²) < 4.78 is 38.2. The molecule has 0 unspecified atom stereocenters. The molecule has 2 rings (SSSR count). The fourth-order valence-corrected chi connectivity index (χ4v) is 3.10. The molecular formula is C13H16BrF3N2. The van der Waals surface area contributed by atoms with Crippen molar-refractivity contribution in [3.8, 4) is 0 Å². The molecule has 0 amide bonds. The highest BCUT2D eigenvalue weighted by Gasteiger charge is 2.31. The standard InChI is InChI=1S/C13H16BrF3N2/c1-19(7-8-4-10(18)5-8)12-3-2-9(6-11(12)14)13(15,16)17/h2-3,6,8,10H,4-5,7,18H2,1H3. The lowest BCUT2D eigenvalue weighted by molar-refractivity contribution is -0.137. The maximum atomic E-state index is 12.6. The predicted octanol–water partition coefficient (Wildman–Crippen LogP) is 3.64. The summed E-state index contributed by atoms with van der Waals surface area (Å²) in [6, 6.07) is 4.03. The number of halogens is 4. The van der Waals surface area contributed by atoms with Crippen molar-refractivity contribution in [2.45, 2.75) is 25.1 Å². The fraction of sp³-hybridized carbons (Fsp3) is 0.538. The number of hydrogen-bond donors (Lipinski definition) is 1. The van der Waals surface area contributed by atoms with Gasteiger partial charge in [0.2, 0.25) is 0 Å². The molecule has 1 aromatic carbocycles. The normalized spacial score (nSPS) is 23.1. The number of anilines is 1. The Bertz CT molecular complexity index is 456. The Hall–Kier alpha value is -0.750. The maximum Gasteiger partial charge on any atom is 0.416 e. The molecular weight excluding hydrogens is 321 g/mol. The van der Waals surface area contributed by atoms with Crippen molar-refractivity contribution >= 4 is 21.6 Å². The predicted molar refractivity (Wildman–Crippen MR) is 73.1 cm³/mol. The Morgan fingerprint density at radius 2 is 2.00 bits per heavy atom. The maximum absolute atomic E-state index is 12.6. The Balaban J connectivity index is 2.08. The van der Waals surface area contributed by atoms with Crippen LogP contribution < -0.4 is 10.6 Å². The van der Waals surface area contributed by atoms with E-state index in [2.05, 4.69) is 15.9 Å². The zero-order chi connectivity index (χ0) is 14.2. The van der Waals surface area contributed by atoms with Gasteiger partial charge in [-0.2, -0.15) is 13.2 Å². The summed E-state index contributed by atoms with van der Waals surface area (Å²) in [5.41, 5.74) is 5.86. The third-order valence-electron chi connectivity index (χ3n) is 3.49. The molecule has 0 aliphatic heterocycles. The van der Waals surface area contributed by atoms with Gasteiger partial charge in [-0.3, -0.25) is 0 Å². The quantitative estimate of drug-likeness (QED) is 0.912. The average Bonchev–Trinajstić information content (AvgIpc) is 2.25. The van der Waals surface area contributed by atoms with Gasteiger partial charge in [0.25, 0.3) is 0 Å². The zero-order valence-electron chi connectivity index (χ0n) is 10.5. The SMILES string of the molecule is CN(CC1CC(N)C1)c1ccc(C(F)(F)F)cc1Br. The summed E-state index contributed by atoms with van der Waals surface area (Å²) >= 11 is 3.22. The highest BCUT2D eigenvalue weighted by atomic mass is 79.9. The van der Waals surface area contributed by atoms with E-state index in [9.17, 15) is 13.2 Å². The van der Waals surface area contributed by atoms with Gasteiger partial charge < -0.3 is 10.6 Å². The topological polar surface area (TPSA) is 29.3 Å². The van der Waals surface area contributed by atoms with Crippen molar-refractivity contribution in [1.82, 2.24) is 0 Å². The van der Waals surface area contributed by atoms with E-state index in [4.69, 9.17) is 5.73 Å². The highest BCUT2D eigenvalue weighted by molar-refractivity contribution is 9.10. The Labute approximate surface area is 118 Å². The molecule has 106 valence electrons. The van der Waals surface area contributed by atoms with Crippen LogP contribution >= 0.6 is 15.9 Å². The van der Waals surface area contributed by atoms with Crippen molar-refractivity contribution < 1.29 is 13.2 Å². The lowest BCUT2D eigenvalue weighted by Crippen LogP contribution is -2.42. The van der Waals surface area contributed by atoms with E-state index in [1.54, 1.807) is 0 Å². The Morgan fingerprint density at radius 1 is 1.37 bits per heavy atom. The van der Waals surface area contributed by atoms with Crippen LogP contribution in [0.5, 0.6) is 0 Å². The lowest BCUT2D eigenvalue weighted by Gasteiger charge is -2.36. The van der Waals surface area contributed by atoms with Gasteiger partial charge in [0.1, 0.15) is 0 Å². The summed E-state index contributed by atoms with van der Waals surface area (Å²) in [6.07, 6.45) is -2.33. The van der Waals surface area contributed by atoms with Gasteiger partial charge >= 0.3 is 6.18 Å². The first kappa shape index (κ1) is 14.7. The number of nitrogens with zero attached hydrogens (tertiary/aromatic N) is 1. The van der Waals surface area contributed by atoms with Crippen LogP contribution in [0.3, 0.4) is 0 Å². The van der Waals surface area contributed by atoms with Gasteiger partial charge in [-0.1, -0.05) is 0 Å². The van der Waals surface area contributed by atoms with Crippen molar-refractivity contribution in [3.63, 3.8) is 0 Å². The third kappa shape index (κ3) is 3.42. The first-order chi connectivity index (χ1) is 8.77. The molecule has 1 fully saturated rings. The van der Waals surface area contributed by atoms with Gasteiger partial charge in [0.05, 0.1) is 11.3 Å². The zero-order valence-corrected chi connectivity index (χ0v) is 12.1. The van der Waals surface area contributed by atoms with Crippen LogP contribution in [0.2, 0.25) is 0 Å². The van der Waals surface area contributed by atoms with Crippen LogP contribution in [0.25, 0.3) is 0 Å². The molecule has 0 saturated heterocycles. The van der Waals surface area contributed by atoms with Crippen molar-refractivity contribution in [2.24, 2.45) is 11.7 Å². The molecule has 2 nitrogen and oxygen atoms in total. The van der Waals surface area contributed by atoms with Crippen molar-refractivity contribution in [2.75, 3.05) is 18.5 Å². The van der Waals surface area contributed by atoms with Crippen LogP contribution in [0.1, 0.15) is 18.4 Å². The second-order valence-corrected chi connectivity index (χ2v) is 6.00. The van der Waals surface area contributed by atoms with Gasteiger partial charge in [0.15, 0.2) is 0 Å². The fourth-order valence-electron chi connectivity index (χ4n) is 2.41. The summed E-state index contributed by atoms with van der Waals surface area (Å²) in [6.45, 7) is 0.817. The molecule has 1 aliphatic carbocycles. The Kier molecular flexibility index (Phi) is 4.11. The number of nitrogens with two attached hydrogens (primary N) is 1. The van der Waals surface area contributed by atoms with Crippen LogP contribution in [0, 0.1) is 5.92 Å².